The Kier molecular flexibility index (Phi) is 50.1. The molecule has 0 heterocycles. The summed E-state index contributed by atoms with van der Waals surface area (Å²) >= 11 is 0. The summed E-state index contributed by atoms with van der Waals surface area (Å²) in [6, 6.07) is -0.639. The van der Waals surface area contributed by atoms with Gasteiger partial charge in [-0.1, -0.05) is 224 Å². The number of unbranched alkanes of at least 4 members (excludes halogenated alkanes) is 35. The Morgan fingerprint density at radius 2 is 0.758 bits per heavy atom. The van der Waals surface area contributed by atoms with Crippen molar-refractivity contribution in [2.75, 3.05) is 13.2 Å². The van der Waals surface area contributed by atoms with Gasteiger partial charge in [-0.2, -0.15) is 0 Å². The molecule has 2 atom stereocenters. The molecule has 2 unspecified atom stereocenters. The van der Waals surface area contributed by atoms with E-state index >= 15 is 0 Å². The van der Waals surface area contributed by atoms with E-state index in [9.17, 15) is 19.8 Å². The average Bonchev–Trinajstić information content (AvgIpc) is 3.27. The van der Waals surface area contributed by atoms with Gasteiger partial charge < -0.3 is 20.3 Å². The summed E-state index contributed by atoms with van der Waals surface area (Å²) in [4.78, 5) is 24.5. The molecule has 0 aromatic heterocycles. The number of carbonyl (C=O) groups is 2. The van der Waals surface area contributed by atoms with Gasteiger partial charge in [-0.3, -0.25) is 9.59 Å². The van der Waals surface area contributed by atoms with Crippen LogP contribution in [-0.2, 0) is 14.3 Å². The third-order valence-corrected chi connectivity index (χ3v) is 12.4. The lowest BCUT2D eigenvalue weighted by atomic mass is 10.1. The molecular weight excluding hydrogens is 767 g/mol. The minimum atomic E-state index is -0.854. The molecule has 6 heteroatoms. The first kappa shape index (κ1) is 60.1. The van der Waals surface area contributed by atoms with Crippen molar-refractivity contribution in [3.8, 4) is 0 Å². The summed E-state index contributed by atoms with van der Waals surface area (Å²) in [5.41, 5.74) is 0. The zero-order valence-electron chi connectivity index (χ0n) is 41.4. The van der Waals surface area contributed by atoms with Crippen molar-refractivity contribution in [3.63, 3.8) is 0 Å². The first-order valence-electron chi connectivity index (χ1n) is 27.3. The molecule has 0 aliphatic heterocycles. The maximum Gasteiger partial charge on any atom is 0.305 e. The number of aliphatic hydroxyl groups excluding tert-OH is 2. The van der Waals surface area contributed by atoms with E-state index in [1.165, 1.54) is 193 Å². The molecule has 3 N–H and O–H groups in total. The van der Waals surface area contributed by atoms with Crippen LogP contribution in [0.5, 0.6) is 0 Å². The number of esters is 1. The van der Waals surface area contributed by atoms with Crippen LogP contribution in [0.25, 0.3) is 0 Å². The number of hydrogen-bond donors (Lipinski definition) is 3. The predicted molar refractivity (Wildman–Crippen MR) is 269 cm³/mol. The molecular formula is C56H105NO5. The van der Waals surface area contributed by atoms with E-state index in [-0.39, 0.29) is 18.5 Å². The Hall–Kier alpha value is -1.92. The van der Waals surface area contributed by atoms with Crippen LogP contribution in [-0.4, -0.2) is 47.4 Å². The monoisotopic (exact) mass is 872 g/mol. The van der Waals surface area contributed by atoms with Gasteiger partial charge in [-0.25, -0.2) is 0 Å². The van der Waals surface area contributed by atoms with Crippen molar-refractivity contribution in [1.29, 1.82) is 0 Å². The molecule has 0 radical (unpaired) electrons. The van der Waals surface area contributed by atoms with Gasteiger partial charge in [0.2, 0.25) is 5.91 Å². The molecule has 0 spiro atoms. The summed E-state index contributed by atoms with van der Waals surface area (Å²) in [5.74, 6) is -0.0944. The molecule has 6 nitrogen and oxygen atoms in total. The Morgan fingerprint density at radius 3 is 1.15 bits per heavy atom. The molecule has 0 aromatic carbocycles. The lowest BCUT2D eigenvalue weighted by Gasteiger charge is -2.20. The van der Waals surface area contributed by atoms with E-state index in [0.29, 0.717) is 19.4 Å². The van der Waals surface area contributed by atoms with Gasteiger partial charge >= 0.3 is 5.97 Å². The maximum atomic E-state index is 12.4. The number of rotatable bonds is 50. The van der Waals surface area contributed by atoms with E-state index in [2.05, 4.69) is 43.5 Å². The fourth-order valence-electron chi connectivity index (χ4n) is 8.15. The van der Waals surface area contributed by atoms with Gasteiger partial charge in [0.25, 0.3) is 0 Å². The molecule has 0 bridgehead atoms. The molecule has 0 fully saturated rings. The van der Waals surface area contributed by atoms with Crippen molar-refractivity contribution in [2.45, 2.75) is 296 Å². The minimum Gasteiger partial charge on any atom is -0.466 e. The van der Waals surface area contributed by atoms with Crippen LogP contribution in [0.3, 0.4) is 0 Å². The molecule has 364 valence electrons. The molecule has 0 saturated heterocycles. The van der Waals surface area contributed by atoms with Gasteiger partial charge in [0.15, 0.2) is 0 Å². The fraction of sp³-hybridized carbons (Fsp3) is 0.857. The van der Waals surface area contributed by atoms with Crippen LogP contribution in [0.15, 0.2) is 36.5 Å². The van der Waals surface area contributed by atoms with E-state index in [1.54, 1.807) is 6.08 Å². The van der Waals surface area contributed by atoms with Crippen LogP contribution >= 0.6 is 0 Å². The van der Waals surface area contributed by atoms with Crippen molar-refractivity contribution in [3.05, 3.63) is 36.5 Å². The van der Waals surface area contributed by atoms with Crippen LogP contribution in [0.1, 0.15) is 284 Å². The summed E-state index contributed by atoms with van der Waals surface area (Å²) in [7, 11) is 0. The second-order valence-corrected chi connectivity index (χ2v) is 18.5. The van der Waals surface area contributed by atoms with Crippen molar-refractivity contribution in [2.24, 2.45) is 0 Å². The second kappa shape index (κ2) is 51.7. The van der Waals surface area contributed by atoms with E-state index < -0.39 is 12.1 Å². The number of carbonyl (C=O) groups excluding carboxylic acids is 2. The first-order chi connectivity index (χ1) is 30.5. The molecule has 0 aliphatic rings. The second-order valence-electron chi connectivity index (χ2n) is 18.5. The number of nitrogens with one attached hydrogen (secondary N) is 1. The Labute approximate surface area is 385 Å². The number of amides is 1. The van der Waals surface area contributed by atoms with Crippen molar-refractivity contribution < 1.29 is 24.5 Å². The topological polar surface area (TPSA) is 95.9 Å². The minimum absolute atomic E-state index is 0.00739. The summed E-state index contributed by atoms with van der Waals surface area (Å²) in [6.07, 6.45) is 63.0. The fourth-order valence-corrected chi connectivity index (χ4v) is 8.15. The van der Waals surface area contributed by atoms with Crippen molar-refractivity contribution in [1.82, 2.24) is 5.32 Å². The highest BCUT2D eigenvalue weighted by Crippen LogP contribution is 2.15. The Balaban J connectivity index is 3.46. The number of ether oxygens (including phenoxy) is 1. The summed E-state index contributed by atoms with van der Waals surface area (Å²) in [5, 5.41) is 23.0. The van der Waals surface area contributed by atoms with Gasteiger partial charge in [-0.05, 0) is 83.5 Å². The zero-order chi connectivity index (χ0) is 45.1. The normalized spacial score (nSPS) is 12.9. The third kappa shape index (κ3) is 47.6. The lowest BCUT2D eigenvalue weighted by Crippen LogP contribution is -2.45. The quantitative estimate of drug-likeness (QED) is 0.0321. The third-order valence-electron chi connectivity index (χ3n) is 12.4. The number of allylic oxidation sites excluding steroid dienone is 5. The standard InChI is InChI=1S/C56H105NO5/c1-3-5-7-9-11-13-15-16-17-18-19-23-26-30-34-38-42-46-50-56(61)62-51-47-43-39-35-31-27-24-21-20-22-25-29-33-37-41-45-49-55(60)57-53(52-58)54(59)48-44-40-36-32-28-14-12-10-8-6-4-2/h17-18,20,22,44,48,53-54,58-59H,3-16,19,21,23-43,45-47,49-52H2,1-2H3,(H,57,60)/b18-17-,22-20-,48-44+. The van der Waals surface area contributed by atoms with E-state index in [4.69, 9.17) is 4.74 Å². The molecule has 62 heavy (non-hydrogen) atoms. The zero-order valence-corrected chi connectivity index (χ0v) is 41.4. The van der Waals surface area contributed by atoms with Crippen LogP contribution in [0, 0.1) is 0 Å². The van der Waals surface area contributed by atoms with Gasteiger partial charge in [0.1, 0.15) is 0 Å². The van der Waals surface area contributed by atoms with E-state index in [0.717, 1.165) is 64.2 Å². The Morgan fingerprint density at radius 1 is 0.435 bits per heavy atom. The van der Waals surface area contributed by atoms with Gasteiger partial charge in [0.05, 0.1) is 25.4 Å². The van der Waals surface area contributed by atoms with Crippen molar-refractivity contribution >= 4 is 11.9 Å². The van der Waals surface area contributed by atoms with Crippen LogP contribution in [0.2, 0.25) is 0 Å². The molecule has 0 aliphatic carbocycles. The largest absolute Gasteiger partial charge is 0.466 e. The lowest BCUT2D eigenvalue weighted by molar-refractivity contribution is -0.143. The molecule has 0 rings (SSSR count). The van der Waals surface area contributed by atoms with E-state index in [1.807, 2.05) is 6.08 Å². The predicted octanol–water partition coefficient (Wildman–Crippen LogP) is 16.5. The van der Waals surface area contributed by atoms with Crippen LogP contribution < -0.4 is 5.32 Å². The first-order valence-corrected chi connectivity index (χ1v) is 27.3. The molecule has 0 saturated carbocycles. The number of hydrogen-bond acceptors (Lipinski definition) is 5. The smallest absolute Gasteiger partial charge is 0.305 e. The highest BCUT2D eigenvalue weighted by Gasteiger charge is 2.18. The summed E-state index contributed by atoms with van der Waals surface area (Å²) in [6.45, 7) is 4.86. The van der Waals surface area contributed by atoms with Crippen LogP contribution in [0.4, 0.5) is 0 Å². The number of aliphatic hydroxyl groups is 2. The Bertz CT molecular complexity index is 1010. The molecule has 0 aromatic rings. The maximum absolute atomic E-state index is 12.4. The van der Waals surface area contributed by atoms with Gasteiger partial charge in [0, 0.05) is 12.8 Å². The highest BCUT2D eigenvalue weighted by atomic mass is 16.5. The highest BCUT2D eigenvalue weighted by molar-refractivity contribution is 5.76. The van der Waals surface area contributed by atoms with Gasteiger partial charge in [-0.15, -0.1) is 0 Å². The molecule has 1 amide bonds. The average molecular weight is 872 g/mol. The SMILES string of the molecule is CCCCCCCCC/C=C\CCCCCCCCCC(=O)OCCCCCCCCC/C=C\CCCCCCCC(=O)NC(CO)C(O)/C=C/CCCCCCCCCCC. The summed E-state index contributed by atoms with van der Waals surface area (Å²) < 4.78 is 5.47.